The highest BCUT2D eigenvalue weighted by Gasteiger charge is 2.46. The third-order valence-corrected chi connectivity index (χ3v) is 2.70. The maximum Gasteiger partial charge on any atom is 0.509 e. The molecule has 0 aliphatic carbocycles. The van der Waals surface area contributed by atoms with Crippen LogP contribution in [0.3, 0.4) is 0 Å². The van der Waals surface area contributed by atoms with Crippen LogP contribution in [0.25, 0.3) is 0 Å². The van der Waals surface area contributed by atoms with E-state index < -0.39 is 17.7 Å². The SMILES string of the molecule is CCOC(=O)/C=C/[C@]1(C)OC(=O)O[C@H]1CC(C)C. The topological polar surface area (TPSA) is 61.8 Å². The molecule has 5 heteroatoms. The lowest BCUT2D eigenvalue weighted by molar-refractivity contribution is -0.137. The van der Waals surface area contributed by atoms with E-state index in [1.54, 1.807) is 13.8 Å². The first kappa shape index (κ1) is 14.5. The summed E-state index contributed by atoms with van der Waals surface area (Å²) in [7, 11) is 0. The van der Waals surface area contributed by atoms with E-state index in [1.807, 2.05) is 13.8 Å². The molecule has 0 aromatic carbocycles. The highest BCUT2D eigenvalue weighted by atomic mass is 16.8. The van der Waals surface area contributed by atoms with Crippen LogP contribution >= 0.6 is 0 Å². The van der Waals surface area contributed by atoms with Gasteiger partial charge in [0.05, 0.1) is 6.61 Å². The maximum absolute atomic E-state index is 11.3. The van der Waals surface area contributed by atoms with Gasteiger partial charge in [-0.25, -0.2) is 9.59 Å². The molecule has 1 heterocycles. The first-order valence-corrected chi connectivity index (χ1v) is 6.13. The Hall–Kier alpha value is -1.52. The van der Waals surface area contributed by atoms with Gasteiger partial charge in [0.25, 0.3) is 0 Å². The fraction of sp³-hybridized carbons (Fsp3) is 0.692. The zero-order chi connectivity index (χ0) is 13.8. The van der Waals surface area contributed by atoms with E-state index in [4.69, 9.17) is 14.2 Å². The predicted molar refractivity (Wildman–Crippen MR) is 65.0 cm³/mol. The lowest BCUT2D eigenvalue weighted by Gasteiger charge is -2.24. The normalized spacial score (nSPS) is 27.4. The molecule has 0 aromatic rings. The molecule has 0 saturated carbocycles. The van der Waals surface area contributed by atoms with Gasteiger partial charge in [0.15, 0.2) is 5.60 Å². The maximum atomic E-state index is 11.3. The van der Waals surface area contributed by atoms with Crippen molar-refractivity contribution in [1.82, 2.24) is 0 Å². The molecule has 18 heavy (non-hydrogen) atoms. The van der Waals surface area contributed by atoms with Gasteiger partial charge in [-0.15, -0.1) is 0 Å². The molecule has 1 rings (SSSR count). The fourth-order valence-corrected chi connectivity index (χ4v) is 1.78. The van der Waals surface area contributed by atoms with Gasteiger partial charge in [0.2, 0.25) is 0 Å². The number of hydrogen-bond donors (Lipinski definition) is 0. The van der Waals surface area contributed by atoms with Crippen molar-refractivity contribution in [2.45, 2.75) is 45.8 Å². The van der Waals surface area contributed by atoms with E-state index >= 15 is 0 Å². The first-order chi connectivity index (χ1) is 8.37. The largest absolute Gasteiger partial charge is 0.509 e. The summed E-state index contributed by atoms with van der Waals surface area (Å²) in [5.41, 5.74) is -0.909. The Morgan fingerprint density at radius 2 is 2.22 bits per heavy atom. The minimum Gasteiger partial charge on any atom is -0.463 e. The predicted octanol–water partition coefficient (Wildman–Crippen LogP) is 2.45. The number of cyclic esters (lactones) is 2. The number of ether oxygens (including phenoxy) is 3. The average molecular weight is 256 g/mol. The molecule has 1 fully saturated rings. The molecule has 0 N–H and O–H groups in total. The molecule has 0 unspecified atom stereocenters. The van der Waals surface area contributed by atoms with E-state index in [0.717, 1.165) is 0 Å². The van der Waals surface area contributed by atoms with E-state index in [1.165, 1.54) is 12.2 Å². The van der Waals surface area contributed by atoms with Crippen molar-refractivity contribution in [3.8, 4) is 0 Å². The van der Waals surface area contributed by atoms with Crippen molar-refractivity contribution in [2.24, 2.45) is 5.92 Å². The minimum absolute atomic E-state index is 0.311. The monoisotopic (exact) mass is 256 g/mol. The van der Waals surface area contributed by atoms with Crippen molar-refractivity contribution < 1.29 is 23.8 Å². The van der Waals surface area contributed by atoms with Crippen LogP contribution in [0.1, 0.15) is 34.1 Å². The van der Waals surface area contributed by atoms with Crippen LogP contribution < -0.4 is 0 Å². The average Bonchev–Trinajstić information content (AvgIpc) is 2.51. The summed E-state index contributed by atoms with van der Waals surface area (Å²) < 4.78 is 15.0. The lowest BCUT2D eigenvalue weighted by Crippen LogP contribution is -2.35. The third-order valence-electron chi connectivity index (χ3n) is 2.70. The molecule has 0 bridgehead atoms. The molecule has 5 nitrogen and oxygen atoms in total. The van der Waals surface area contributed by atoms with Crippen LogP contribution in [0, 0.1) is 5.92 Å². The van der Waals surface area contributed by atoms with Crippen LogP contribution in [0.5, 0.6) is 0 Å². The van der Waals surface area contributed by atoms with Gasteiger partial charge in [-0.3, -0.25) is 0 Å². The molecule has 0 aromatic heterocycles. The molecule has 2 atom stereocenters. The molecule has 0 amide bonds. The summed E-state index contributed by atoms with van der Waals surface area (Å²) in [6.07, 6.45) is 2.41. The zero-order valence-corrected chi connectivity index (χ0v) is 11.3. The number of carbonyl (C=O) groups is 2. The summed E-state index contributed by atoms with van der Waals surface area (Å²) in [5, 5.41) is 0. The summed E-state index contributed by atoms with van der Waals surface area (Å²) in [4.78, 5) is 22.5. The Bertz CT molecular complexity index is 347. The molecular weight excluding hydrogens is 236 g/mol. The molecule has 0 spiro atoms. The fourth-order valence-electron chi connectivity index (χ4n) is 1.78. The van der Waals surface area contributed by atoms with Crippen LogP contribution in [0.4, 0.5) is 4.79 Å². The van der Waals surface area contributed by atoms with Gasteiger partial charge < -0.3 is 14.2 Å². The number of carbonyl (C=O) groups excluding carboxylic acids is 2. The van der Waals surface area contributed by atoms with E-state index in [2.05, 4.69) is 0 Å². The van der Waals surface area contributed by atoms with E-state index in [-0.39, 0.29) is 6.10 Å². The second kappa shape index (κ2) is 5.89. The smallest absolute Gasteiger partial charge is 0.463 e. The number of esters is 1. The highest BCUT2D eigenvalue weighted by molar-refractivity contribution is 5.82. The van der Waals surface area contributed by atoms with Gasteiger partial charge in [-0.05, 0) is 32.3 Å². The quantitative estimate of drug-likeness (QED) is 0.558. The van der Waals surface area contributed by atoms with Crippen LogP contribution in [-0.2, 0) is 19.0 Å². The molecule has 1 aliphatic rings. The number of hydrogen-bond acceptors (Lipinski definition) is 5. The van der Waals surface area contributed by atoms with Crippen molar-refractivity contribution in [3.05, 3.63) is 12.2 Å². The third kappa shape index (κ3) is 3.75. The Morgan fingerprint density at radius 1 is 1.56 bits per heavy atom. The van der Waals surface area contributed by atoms with E-state index in [9.17, 15) is 9.59 Å². The second-order valence-corrected chi connectivity index (χ2v) is 4.86. The molecule has 1 saturated heterocycles. The Balaban J connectivity index is 2.74. The summed E-state index contributed by atoms with van der Waals surface area (Å²) in [5.74, 6) is -0.0928. The Morgan fingerprint density at radius 3 is 2.78 bits per heavy atom. The summed E-state index contributed by atoms with van der Waals surface area (Å²) in [6.45, 7) is 7.82. The lowest BCUT2D eigenvalue weighted by atomic mass is 9.91. The first-order valence-electron chi connectivity index (χ1n) is 6.13. The molecular formula is C13H20O5. The highest BCUT2D eigenvalue weighted by Crippen LogP contribution is 2.32. The minimum atomic E-state index is -0.909. The molecule has 1 aliphatic heterocycles. The van der Waals surface area contributed by atoms with Gasteiger partial charge in [0.1, 0.15) is 6.10 Å². The van der Waals surface area contributed by atoms with Crippen molar-refractivity contribution in [2.75, 3.05) is 6.61 Å². The van der Waals surface area contributed by atoms with Gasteiger partial charge in [0, 0.05) is 6.08 Å². The number of rotatable bonds is 5. The molecule has 102 valence electrons. The Kier molecular flexibility index (Phi) is 4.76. The summed E-state index contributed by atoms with van der Waals surface area (Å²) in [6, 6.07) is 0. The standard InChI is InChI=1S/C13H20O5/c1-5-16-11(14)6-7-13(4)10(8-9(2)3)17-12(15)18-13/h6-7,9-10H,5,8H2,1-4H3/b7-6+/t10-,13-/m0/s1. The van der Waals surface area contributed by atoms with Gasteiger partial charge >= 0.3 is 12.1 Å². The van der Waals surface area contributed by atoms with E-state index in [0.29, 0.717) is 18.9 Å². The van der Waals surface area contributed by atoms with Crippen molar-refractivity contribution >= 4 is 12.1 Å². The van der Waals surface area contributed by atoms with Gasteiger partial charge in [-0.1, -0.05) is 13.8 Å². The zero-order valence-electron chi connectivity index (χ0n) is 11.3. The van der Waals surface area contributed by atoms with Crippen LogP contribution in [0.2, 0.25) is 0 Å². The summed E-state index contributed by atoms with van der Waals surface area (Å²) >= 11 is 0. The van der Waals surface area contributed by atoms with Gasteiger partial charge in [-0.2, -0.15) is 0 Å². The van der Waals surface area contributed by atoms with Crippen LogP contribution in [-0.4, -0.2) is 30.4 Å². The second-order valence-electron chi connectivity index (χ2n) is 4.86. The van der Waals surface area contributed by atoms with Crippen molar-refractivity contribution in [1.29, 1.82) is 0 Å². The molecule has 0 radical (unpaired) electrons. The van der Waals surface area contributed by atoms with Crippen molar-refractivity contribution in [3.63, 3.8) is 0 Å². The van der Waals surface area contributed by atoms with Crippen LogP contribution in [0.15, 0.2) is 12.2 Å². The Labute approximate surface area is 107 Å².